The molecule has 0 spiro atoms. The fraction of sp³-hybridized carbons (Fsp3) is 0.650. The smallest absolute Gasteiger partial charge is 0.233 e. The van der Waals surface area contributed by atoms with E-state index in [1.165, 1.54) is 12.8 Å². The van der Waals surface area contributed by atoms with E-state index >= 15 is 0 Å². The van der Waals surface area contributed by atoms with Crippen molar-refractivity contribution in [2.24, 2.45) is 0 Å². The first kappa shape index (κ1) is 19.4. The third-order valence-corrected chi connectivity index (χ3v) is 6.18. The van der Waals surface area contributed by atoms with E-state index in [2.05, 4.69) is 6.07 Å². The molecule has 0 N–H and O–H groups in total. The standard InChI is InChI=1S/C20H29NO4S/c1-3-24-12-6-11-21-19(22)14-26-20(21)15-9-10-17(23-2)18(13-15)25-16-7-4-5-8-16/h9-10,13,16,20H,3-8,11-12,14H2,1-2H3. The molecule has 1 heterocycles. The Labute approximate surface area is 160 Å². The van der Waals surface area contributed by atoms with E-state index in [0.29, 0.717) is 19.0 Å². The lowest BCUT2D eigenvalue weighted by Crippen LogP contribution is -2.30. The molecule has 1 aliphatic carbocycles. The van der Waals surface area contributed by atoms with Crippen LogP contribution in [-0.2, 0) is 9.53 Å². The van der Waals surface area contributed by atoms with Crippen molar-refractivity contribution in [2.75, 3.05) is 32.6 Å². The van der Waals surface area contributed by atoms with Gasteiger partial charge in [-0.25, -0.2) is 0 Å². The SMILES string of the molecule is CCOCCCN1C(=O)CSC1c1ccc(OC)c(OC2CCCC2)c1. The summed E-state index contributed by atoms with van der Waals surface area (Å²) in [5, 5.41) is 0.0426. The Morgan fingerprint density at radius 3 is 2.77 bits per heavy atom. The number of benzene rings is 1. The molecule has 1 aliphatic heterocycles. The average molecular weight is 380 g/mol. The number of rotatable bonds is 9. The Hall–Kier alpha value is -1.40. The molecule has 1 atom stereocenters. The average Bonchev–Trinajstić information content (AvgIpc) is 3.29. The molecular formula is C20H29NO4S. The van der Waals surface area contributed by atoms with Crippen molar-refractivity contribution in [3.63, 3.8) is 0 Å². The predicted molar refractivity (Wildman–Crippen MR) is 104 cm³/mol. The lowest BCUT2D eigenvalue weighted by molar-refractivity contribution is -0.128. The molecule has 1 saturated carbocycles. The summed E-state index contributed by atoms with van der Waals surface area (Å²) < 4.78 is 17.1. The molecule has 0 aromatic heterocycles. The van der Waals surface area contributed by atoms with Gasteiger partial charge >= 0.3 is 0 Å². The van der Waals surface area contributed by atoms with Crippen LogP contribution in [0.2, 0.25) is 0 Å². The van der Waals surface area contributed by atoms with Gasteiger partial charge in [-0.15, -0.1) is 11.8 Å². The Morgan fingerprint density at radius 2 is 2.04 bits per heavy atom. The van der Waals surface area contributed by atoms with E-state index in [9.17, 15) is 4.79 Å². The van der Waals surface area contributed by atoms with Gasteiger partial charge in [0.25, 0.3) is 0 Å². The molecule has 1 aromatic carbocycles. The van der Waals surface area contributed by atoms with Crippen molar-refractivity contribution in [1.82, 2.24) is 4.90 Å². The second-order valence-corrected chi connectivity index (χ2v) is 7.80. The van der Waals surface area contributed by atoms with Crippen LogP contribution in [0.25, 0.3) is 0 Å². The van der Waals surface area contributed by atoms with Crippen molar-refractivity contribution in [2.45, 2.75) is 50.5 Å². The van der Waals surface area contributed by atoms with Crippen LogP contribution in [0.5, 0.6) is 11.5 Å². The second kappa shape index (κ2) is 9.51. The van der Waals surface area contributed by atoms with Crippen molar-refractivity contribution in [1.29, 1.82) is 0 Å². The van der Waals surface area contributed by atoms with E-state index in [1.54, 1.807) is 18.9 Å². The van der Waals surface area contributed by atoms with Gasteiger partial charge in [0.15, 0.2) is 11.5 Å². The number of carbonyl (C=O) groups is 1. The number of hydrogen-bond acceptors (Lipinski definition) is 5. The number of hydrogen-bond donors (Lipinski definition) is 0. The Morgan fingerprint density at radius 1 is 1.23 bits per heavy atom. The third-order valence-electron chi connectivity index (χ3n) is 4.93. The van der Waals surface area contributed by atoms with Gasteiger partial charge < -0.3 is 19.1 Å². The van der Waals surface area contributed by atoms with Crippen LogP contribution in [0.1, 0.15) is 50.0 Å². The molecule has 1 aromatic rings. The van der Waals surface area contributed by atoms with Crippen LogP contribution in [0, 0.1) is 0 Å². The quantitative estimate of drug-likeness (QED) is 0.607. The van der Waals surface area contributed by atoms with Crippen molar-refractivity contribution in [3.8, 4) is 11.5 Å². The van der Waals surface area contributed by atoms with Gasteiger partial charge in [0.2, 0.25) is 5.91 Å². The fourth-order valence-corrected chi connectivity index (χ4v) is 4.79. The summed E-state index contributed by atoms with van der Waals surface area (Å²) in [4.78, 5) is 14.3. The number of ether oxygens (including phenoxy) is 3. The second-order valence-electron chi connectivity index (χ2n) is 6.74. The van der Waals surface area contributed by atoms with Crippen molar-refractivity contribution in [3.05, 3.63) is 23.8 Å². The zero-order valence-electron chi connectivity index (χ0n) is 15.7. The minimum Gasteiger partial charge on any atom is -0.493 e. The summed E-state index contributed by atoms with van der Waals surface area (Å²) in [5.41, 5.74) is 1.10. The molecule has 6 heteroatoms. The summed E-state index contributed by atoms with van der Waals surface area (Å²) >= 11 is 1.68. The van der Waals surface area contributed by atoms with Crippen LogP contribution in [0.4, 0.5) is 0 Å². The van der Waals surface area contributed by atoms with Crippen LogP contribution >= 0.6 is 11.8 Å². The maximum Gasteiger partial charge on any atom is 0.233 e. The summed E-state index contributed by atoms with van der Waals surface area (Å²) in [7, 11) is 1.67. The molecule has 0 radical (unpaired) electrons. The Kier molecular flexibility index (Phi) is 7.08. The van der Waals surface area contributed by atoms with Gasteiger partial charge in [-0.1, -0.05) is 6.07 Å². The molecule has 3 rings (SSSR count). The fourth-order valence-electron chi connectivity index (χ4n) is 3.58. The molecule has 5 nitrogen and oxygen atoms in total. The number of amides is 1. The van der Waals surface area contributed by atoms with Gasteiger partial charge in [-0.2, -0.15) is 0 Å². The summed E-state index contributed by atoms with van der Waals surface area (Å²) in [5.74, 6) is 2.29. The predicted octanol–water partition coefficient (Wildman–Crippen LogP) is 4.02. The molecule has 2 aliphatic rings. The maximum absolute atomic E-state index is 12.3. The first-order chi connectivity index (χ1) is 12.7. The zero-order valence-corrected chi connectivity index (χ0v) is 16.6. The Balaban J connectivity index is 1.72. The minimum atomic E-state index is 0.0426. The summed E-state index contributed by atoms with van der Waals surface area (Å²) in [6.45, 7) is 4.12. The van der Waals surface area contributed by atoms with Crippen LogP contribution in [0.3, 0.4) is 0 Å². The topological polar surface area (TPSA) is 48.0 Å². The van der Waals surface area contributed by atoms with Crippen LogP contribution in [-0.4, -0.2) is 49.5 Å². The molecule has 1 saturated heterocycles. The number of nitrogens with zero attached hydrogens (tertiary/aromatic N) is 1. The molecular weight excluding hydrogens is 350 g/mol. The van der Waals surface area contributed by atoms with E-state index in [4.69, 9.17) is 14.2 Å². The first-order valence-electron chi connectivity index (χ1n) is 9.56. The summed E-state index contributed by atoms with van der Waals surface area (Å²) in [6, 6.07) is 6.07. The number of methoxy groups -OCH3 is 1. The Bertz CT molecular complexity index is 603. The lowest BCUT2D eigenvalue weighted by Gasteiger charge is -2.25. The monoisotopic (exact) mass is 379 g/mol. The number of carbonyl (C=O) groups excluding carboxylic acids is 1. The molecule has 1 amide bonds. The van der Waals surface area contributed by atoms with Crippen LogP contribution < -0.4 is 9.47 Å². The van der Waals surface area contributed by atoms with Crippen molar-refractivity contribution >= 4 is 17.7 Å². The van der Waals surface area contributed by atoms with Gasteiger partial charge in [0, 0.05) is 19.8 Å². The third kappa shape index (κ3) is 4.65. The van der Waals surface area contributed by atoms with E-state index in [-0.39, 0.29) is 17.4 Å². The molecule has 26 heavy (non-hydrogen) atoms. The van der Waals surface area contributed by atoms with E-state index in [0.717, 1.165) is 42.9 Å². The highest BCUT2D eigenvalue weighted by atomic mass is 32.2. The molecule has 2 fully saturated rings. The number of thioether (sulfide) groups is 1. The largest absolute Gasteiger partial charge is 0.493 e. The summed E-state index contributed by atoms with van der Waals surface area (Å²) in [6.07, 6.45) is 5.80. The van der Waals surface area contributed by atoms with Crippen LogP contribution in [0.15, 0.2) is 18.2 Å². The normalized spacial score (nSPS) is 20.8. The molecule has 0 bridgehead atoms. The first-order valence-corrected chi connectivity index (χ1v) is 10.6. The van der Waals surface area contributed by atoms with Gasteiger partial charge in [0.05, 0.1) is 19.0 Å². The highest BCUT2D eigenvalue weighted by Crippen LogP contribution is 2.42. The highest BCUT2D eigenvalue weighted by molar-refractivity contribution is 8.00. The maximum atomic E-state index is 12.3. The zero-order chi connectivity index (χ0) is 18.4. The minimum absolute atomic E-state index is 0.0426. The van der Waals surface area contributed by atoms with Crippen molar-refractivity contribution < 1.29 is 19.0 Å². The molecule has 1 unspecified atom stereocenters. The highest BCUT2D eigenvalue weighted by Gasteiger charge is 2.33. The molecule has 144 valence electrons. The van der Waals surface area contributed by atoms with Gasteiger partial charge in [0.1, 0.15) is 5.37 Å². The lowest BCUT2D eigenvalue weighted by atomic mass is 10.1. The van der Waals surface area contributed by atoms with E-state index < -0.39 is 0 Å². The van der Waals surface area contributed by atoms with E-state index in [1.807, 2.05) is 24.0 Å². The van der Waals surface area contributed by atoms with Gasteiger partial charge in [-0.3, -0.25) is 4.79 Å². The van der Waals surface area contributed by atoms with Gasteiger partial charge in [-0.05, 0) is 56.7 Å².